The first kappa shape index (κ1) is 14.2. The zero-order valence-corrected chi connectivity index (χ0v) is 12.9. The lowest BCUT2D eigenvalue weighted by atomic mass is 10.1. The molecular formula is C14H9BrCl2N2. The molecule has 0 aliphatic carbocycles. The monoisotopic (exact) mass is 354 g/mol. The van der Waals surface area contributed by atoms with Gasteiger partial charge in [-0.2, -0.15) is 5.26 Å². The minimum Gasteiger partial charge on any atom is -0.380 e. The highest BCUT2D eigenvalue weighted by Crippen LogP contribution is 2.27. The van der Waals surface area contributed by atoms with E-state index < -0.39 is 0 Å². The fourth-order valence-electron chi connectivity index (χ4n) is 1.58. The number of nitrogens with zero attached hydrogens (tertiary/aromatic N) is 1. The summed E-state index contributed by atoms with van der Waals surface area (Å²) in [5, 5.41) is 13.3. The fraction of sp³-hybridized carbons (Fsp3) is 0.0714. The molecule has 2 nitrogen and oxygen atoms in total. The zero-order valence-electron chi connectivity index (χ0n) is 9.75. The Morgan fingerprint density at radius 1 is 1.16 bits per heavy atom. The van der Waals surface area contributed by atoms with E-state index in [1.54, 1.807) is 12.1 Å². The van der Waals surface area contributed by atoms with Crippen LogP contribution in [-0.4, -0.2) is 0 Å². The van der Waals surface area contributed by atoms with Gasteiger partial charge in [-0.25, -0.2) is 0 Å². The lowest BCUT2D eigenvalue weighted by Gasteiger charge is -2.10. The Labute approximate surface area is 130 Å². The van der Waals surface area contributed by atoms with Crippen molar-refractivity contribution in [2.24, 2.45) is 0 Å². The molecule has 5 heteroatoms. The van der Waals surface area contributed by atoms with Gasteiger partial charge in [0.15, 0.2) is 0 Å². The summed E-state index contributed by atoms with van der Waals surface area (Å²) in [6.07, 6.45) is 0. The van der Waals surface area contributed by atoms with Gasteiger partial charge in [0.25, 0.3) is 0 Å². The maximum Gasteiger partial charge on any atom is 0.0992 e. The van der Waals surface area contributed by atoms with E-state index in [9.17, 15) is 0 Å². The van der Waals surface area contributed by atoms with Gasteiger partial charge in [0, 0.05) is 21.1 Å². The summed E-state index contributed by atoms with van der Waals surface area (Å²) in [5.41, 5.74) is 2.37. The number of nitrogens with one attached hydrogen (secondary N) is 1. The second-order valence-corrected chi connectivity index (χ2v) is 5.59. The molecule has 1 N–H and O–H groups in total. The van der Waals surface area contributed by atoms with E-state index in [-0.39, 0.29) is 0 Å². The van der Waals surface area contributed by atoms with E-state index in [4.69, 9.17) is 28.5 Å². The minimum atomic E-state index is 0.553. The summed E-state index contributed by atoms with van der Waals surface area (Å²) < 4.78 is 0.932. The molecule has 0 amide bonds. The van der Waals surface area contributed by atoms with Crippen molar-refractivity contribution in [2.45, 2.75) is 6.54 Å². The first-order valence-electron chi connectivity index (χ1n) is 5.47. The third-order valence-corrected chi connectivity index (χ3v) is 3.86. The van der Waals surface area contributed by atoms with Crippen molar-refractivity contribution < 1.29 is 0 Å². The van der Waals surface area contributed by atoms with Gasteiger partial charge in [0.1, 0.15) is 0 Å². The SMILES string of the molecule is N#Cc1ccc(CNc2cc(Cl)ccc2Br)c(Cl)c1. The molecule has 0 unspecified atom stereocenters. The van der Waals surface area contributed by atoms with Crippen LogP contribution in [0.25, 0.3) is 0 Å². The maximum atomic E-state index is 8.78. The molecule has 0 saturated carbocycles. The molecule has 0 saturated heterocycles. The summed E-state index contributed by atoms with van der Waals surface area (Å²) in [7, 11) is 0. The molecule has 0 radical (unpaired) electrons. The summed E-state index contributed by atoms with van der Waals surface area (Å²) in [5.74, 6) is 0. The van der Waals surface area contributed by atoms with Crippen molar-refractivity contribution in [1.82, 2.24) is 0 Å². The first-order chi connectivity index (χ1) is 9.10. The molecule has 19 heavy (non-hydrogen) atoms. The van der Waals surface area contributed by atoms with Crippen LogP contribution >= 0.6 is 39.1 Å². The lowest BCUT2D eigenvalue weighted by molar-refractivity contribution is 1.14. The smallest absolute Gasteiger partial charge is 0.0992 e. The van der Waals surface area contributed by atoms with Crippen LogP contribution in [-0.2, 0) is 6.54 Å². The molecule has 0 aliphatic heterocycles. The van der Waals surface area contributed by atoms with E-state index in [1.165, 1.54) is 0 Å². The van der Waals surface area contributed by atoms with E-state index >= 15 is 0 Å². The summed E-state index contributed by atoms with van der Waals surface area (Å²) in [6, 6.07) is 12.8. The first-order valence-corrected chi connectivity index (χ1v) is 7.02. The van der Waals surface area contributed by atoms with Gasteiger partial charge in [0.05, 0.1) is 17.3 Å². The van der Waals surface area contributed by atoms with Gasteiger partial charge in [0.2, 0.25) is 0 Å². The van der Waals surface area contributed by atoms with Crippen molar-refractivity contribution in [3.05, 3.63) is 62.0 Å². The quantitative estimate of drug-likeness (QED) is 0.817. The third-order valence-electron chi connectivity index (χ3n) is 2.58. The number of halogens is 3. The van der Waals surface area contributed by atoms with E-state index in [1.807, 2.05) is 24.3 Å². The third kappa shape index (κ3) is 3.63. The molecule has 0 fully saturated rings. The standard InChI is InChI=1S/C14H9BrCl2N2/c15-12-4-3-11(16)6-14(12)19-8-10-2-1-9(7-18)5-13(10)17/h1-6,19H,8H2. The predicted molar refractivity (Wildman–Crippen MR) is 82.6 cm³/mol. The summed E-state index contributed by atoms with van der Waals surface area (Å²) in [4.78, 5) is 0. The largest absolute Gasteiger partial charge is 0.380 e. The second-order valence-electron chi connectivity index (χ2n) is 3.90. The molecular weight excluding hydrogens is 347 g/mol. The van der Waals surface area contributed by atoms with Gasteiger partial charge >= 0.3 is 0 Å². The molecule has 2 aromatic carbocycles. The number of anilines is 1. The fourth-order valence-corrected chi connectivity index (χ4v) is 2.39. The predicted octanol–water partition coefficient (Wildman–Crippen LogP) is 5.24. The van der Waals surface area contributed by atoms with Crippen molar-refractivity contribution in [3.8, 4) is 6.07 Å². The lowest BCUT2D eigenvalue weighted by Crippen LogP contribution is -2.01. The molecule has 2 rings (SSSR count). The normalized spacial score (nSPS) is 10.0. The highest BCUT2D eigenvalue weighted by molar-refractivity contribution is 9.10. The van der Waals surface area contributed by atoms with Gasteiger partial charge in [-0.3, -0.25) is 0 Å². The van der Waals surface area contributed by atoms with E-state index in [2.05, 4.69) is 27.3 Å². The Balaban J connectivity index is 2.15. The number of benzene rings is 2. The Kier molecular flexibility index (Phi) is 4.71. The van der Waals surface area contributed by atoms with Crippen LogP contribution in [0, 0.1) is 11.3 Å². The molecule has 0 spiro atoms. The van der Waals surface area contributed by atoms with Crippen LogP contribution in [0.15, 0.2) is 40.9 Å². The molecule has 0 aromatic heterocycles. The van der Waals surface area contributed by atoms with Crippen LogP contribution in [0.5, 0.6) is 0 Å². The van der Waals surface area contributed by atoms with Crippen molar-refractivity contribution in [2.75, 3.05) is 5.32 Å². The van der Waals surface area contributed by atoms with Crippen LogP contribution in [0.1, 0.15) is 11.1 Å². The van der Waals surface area contributed by atoms with E-state index in [0.717, 1.165) is 15.7 Å². The van der Waals surface area contributed by atoms with Gasteiger partial charge in [-0.1, -0.05) is 29.3 Å². The molecule has 96 valence electrons. The van der Waals surface area contributed by atoms with Crippen LogP contribution in [0.4, 0.5) is 5.69 Å². The second kappa shape index (κ2) is 6.29. The summed E-state index contributed by atoms with van der Waals surface area (Å²) >= 11 is 15.5. The highest BCUT2D eigenvalue weighted by atomic mass is 79.9. The van der Waals surface area contributed by atoms with Gasteiger partial charge in [-0.15, -0.1) is 0 Å². The molecule has 0 aliphatic rings. The topological polar surface area (TPSA) is 35.8 Å². The number of hydrogen-bond donors (Lipinski definition) is 1. The number of nitriles is 1. The maximum absolute atomic E-state index is 8.78. The highest BCUT2D eigenvalue weighted by Gasteiger charge is 2.04. The Hall–Kier alpha value is -1.21. The van der Waals surface area contributed by atoms with Crippen molar-refractivity contribution >= 4 is 44.8 Å². The van der Waals surface area contributed by atoms with Gasteiger partial charge < -0.3 is 5.32 Å². The summed E-state index contributed by atoms with van der Waals surface area (Å²) in [6.45, 7) is 0.559. The number of hydrogen-bond acceptors (Lipinski definition) is 2. The molecule has 2 aromatic rings. The van der Waals surface area contributed by atoms with Crippen LogP contribution in [0.3, 0.4) is 0 Å². The average Bonchev–Trinajstić information content (AvgIpc) is 2.40. The Bertz CT molecular complexity index is 650. The Morgan fingerprint density at radius 3 is 2.63 bits per heavy atom. The molecule has 0 bridgehead atoms. The molecule has 0 heterocycles. The van der Waals surface area contributed by atoms with Crippen molar-refractivity contribution in [3.63, 3.8) is 0 Å². The average molecular weight is 356 g/mol. The molecule has 0 atom stereocenters. The van der Waals surface area contributed by atoms with E-state index in [0.29, 0.717) is 22.2 Å². The zero-order chi connectivity index (χ0) is 13.8. The Morgan fingerprint density at radius 2 is 1.95 bits per heavy atom. The van der Waals surface area contributed by atoms with Crippen molar-refractivity contribution in [1.29, 1.82) is 5.26 Å². The minimum absolute atomic E-state index is 0.553. The van der Waals surface area contributed by atoms with Crippen LogP contribution < -0.4 is 5.32 Å². The number of rotatable bonds is 3. The van der Waals surface area contributed by atoms with Crippen LogP contribution in [0.2, 0.25) is 10.0 Å². The van der Waals surface area contributed by atoms with Gasteiger partial charge in [-0.05, 0) is 51.8 Å².